The zero-order valence-electron chi connectivity index (χ0n) is 14.7. The van der Waals surface area contributed by atoms with E-state index in [0.29, 0.717) is 17.8 Å². The predicted molar refractivity (Wildman–Crippen MR) is 97.6 cm³/mol. The lowest BCUT2D eigenvalue weighted by Crippen LogP contribution is -2.51. The second kappa shape index (κ2) is 6.75. The van der Waals surface area contributed by atoms with Crippen molar-refractivity contribution in [3.05, 3.63) is 54.0 Å². The number of hydrogen-bond acceptors (Lipinski definition) is 5. The highest BCUT2D eigenvalue weighted by atomic mass is 16.2. The van der Waals surface area contributed by atoms with Crippen LogP contribution in [0.2, 0.25) is 0 Å². The van der Waals surface area contributed by atoms with Crippen molar-refractivity contribution in [1.82, 2.24) is 14.9 Å². The third-order valence-corrected chi connectivity index (χ3v) is 5.61. The van der Waals surface area contributed by atoms with Crippen LogP contribution in [0.3, 0.4) is 0 Å². The zero-order valence-corrected chi connectivity index (χ0v) is 14.7. The SMILES string of the molecule is CN(C(=O)c1ccccc1)C1CC2CCC(C1)N2c1cnc(C#N)cn1. The molecule has 132 valence electrons. The maximum absolute atomic E-state index is 12.8. The van der Waals surface area contributed by atoms with Crippen LogP contribution in [0.15, 0.2) is 42.7 Å². The highest BCUT2D eigenvalue weighted by molar-refractivity contribution is 5.94. The van der Waals surface area contributed by atoms with Crippen molar-refractivity contribution in [3.8, 4) is 6.07 Å². The molecular formula is C20H21N5O. The van der Waals surface area contributed by atoms with E-state index >= 15 is 0 Å². The van der Waals surface area contributed by atoms with Gasteiger partial charge in [-0.3, -0.25) is 4.79 Å². The molecule has 0 spiro atoms. The first-order valence-electron chi connectivity index (χ1n) is 9.00. The Kier molecular flexibility index (Phi) is 4.29. The number of benzene rings is 1. The number of rotatable bonds is 3. The van der Waals surface area contributed by atoms with Crippen LogP contribution >= 0.6 is 0 Å². The molecule has 6 heteroatoms. The molecule has 2 aliphatic heterocycles. The third-order valence-electron chi connectivity index (χ3n) is 5.61. The third kappa shape index (κ3) is 2.90. The summed E-state index contributed by atoms with van der Waals surface area (Å²) in [5.41, 5.74) is 1.08. The van der Waals surface area contributed by atoms with Crippen molar-refractivity contribution in [2.75, 3.05) is 11.9 Å². The Balaban J connectivity index is 1.49. The Bertz CT molecular complexity index is 816. The molecule has 2 saturated heterocycles. The molecule has 1 aromatic heterocycles. The van der Waals surface area contributed by atoms with Crippen LogP contribution in [-0.2, 0) is 0 Å². The molecule has 2 bridgehead atoms. The number of carbonyl (C=O) groups is 1. The number of fused-ring (bicyclic) bond motifs is 2. The normalized spacial score (nSPS) is 24.2. The van der Waals surface area contributed by atoms with Crippen molar-refractivity contribution in [2.24, 2.45) is 0 Å². The maximum atomic E-state index is 12.8. The highest BCUT2D eigenvalue weighted by Crippen LogP contribution is 2.39. The summed E-state index contributed by atoms with van der Waals surface area (Å²) in [6.07, 6.45) is 7.32. The minimum absolute atomic E-state index is 0.0848. The summed E-state index contributed by atoms with van der Waals surface area (Å²) >= 11 is 0. The Morgan fingerprint density at radius 1 is 1.15 bits per heavy atom. The number of aromatic nitrogens is 2. The summed E-state index contributed by atoms with van der Waals surface area (Å²) < 4.78 is 0. The Morgan fingerprint density at radius 2 is 1.85 bits per heavy atom. The number of nitrogens with zero attached hydrogens (tertiary/aromatic N) is 5. The zero-order chi connectivity index (χ0) is 18.1. The number of amides is 1. The van der Waals surface area contributed by atoms with Crippen molar-refractivity contribution in [1.29, 1.82) is 5.26 Å². The molecule has 3 heterocycles. The van der Waals surface area contributed by atoms with Crippen molar-refractivity contribution < 1.29 is 4.79 Å². The lowest BCUT2D eigenvalue weighted by Gasteiger charge is -2.42. The first-order chi connectivity index (χ1) is 12.7. The van der Waals surface area contributed by atoms with Gasteiger partial charge >= 0.3 is 0 Å². The van der Waals surface area contributed by atoms with Gasteiger partial charge in [0.1, 0.15) is 11.9 Å². The van der Waals surface area contributed by atoms with Gasteiger partial charge in [-0.05, 0) is 37.8 Å². The number of hydrogen-bond donors (Lipinski definition) is 0. The number of anilines is 1. The molecule has 4 rings (SSSR count). The van der Waals surface area contributed by atoms with Gasteiger partial charge in [-0.25, -0.2) is 9.97 Å². The molecule has 0 N–H and O–H groups in total. The van der Waals surface area contributed by atoms with E-state index in [1.54, 1.807) is 6.20 Å². The summed E-state index contributed by atoms with van der Waals surface area (Å²) in [4.78, 5) is 25.6. The van der Waals surface area contributed by atoms with E-state index in [1.807, 2.05) is 48.3 Å². The lowest BCUT2D eigenvalue weighted by molar-refractivity contribution is 0.0693. The monoisotopic (exact) mass is 347 g/mol. The van der Waals surface area contributed by atoms with Crippen molar-refractivity contribution >= 4 is 11.7 Å². The minimum atomic E-state index is 0.0848. The number of carbonyl (C=O) groups excluding carboxylic acids is 1. The van der Waals surface area contributed by atoms with Crippen molar-refractivity contribution in [3.63, 3.8) is 0 Å². The van der Waals surface area contributed by atoms with Gasteiger partial charge in [-0.1, -0.05) is 18.2 Å². The van der Waals surface area contributed by atoms with Crippen LogP contribution in [0.25, 0.3) is 0 Å². The maximum Gasteiger partial charge on any atom is 0.253 e. The molecule has 2 aromatic rings. The van der Waals surface area contributed by atoms with Gasteiger partial charge in [-0.15, -0.1) is 0 Å². The van der Waals surface area contributed by atoms with E-state index in [9.17, 15) is 4.79 Å². The molecule has 1 amide bonds. The van der Waals surface area contributed by atoms with Gasteiger partial charge in [0.15, 0.2) is 5.69 Å². The van der Waals surface area contributed by atoms with E-state index in [0.717, 1.165) is 37.1 Å². The molecule has 2 unspecified atom stereocenters. The fourth-order valence-electron chi connectivity index (χ4n) is 4.30. The quantitative estimate of drug-likeness (QED) is 0.853. The molecule has 0 aliphatic carbocycles. The van der Waals surface area contributed by atoms with E-state index < -0.39 is 0 Å². The van der Waals surface area contributed by atoms with Gasteiger partial charge in [0, 0.05) is 30.7 Å². The van der Waals surface area contributed by atoms with Gasteiger partial charge in [0.05, 0.1) is 12.4 Å². The molecular weight excluding hydrogens is 326 g/mol. The van der Waals surface area contributed by atoms with E-state index in [-0.39, 0.29) is 11.9 Å². The van der Waals surface area contributed by atoms with Crippen LogP contribution < -0.4 is 4.90 Å². The Morgan fingerprint density at radius 3 is 2.42 bits per heavy atom. The Hall–Kier alpha value is -2.94. The first kappa shape index (κ1) is 16.5. The molecule has 2 fully saturated rings. The molecule has 0 saturated carbocycles. The average molecular weight is 347 g/mol. The fourth-order valence-corrected chi connectivity index (χ4v) is 4.30. The summed E-state index contributed by atoms with van der Waals surface area (Å²) in [7, 11) is 1.91. The number of piperidine rings is 1. The molecule has 6 nitrogen and oxygen atoms in total. The van der Waals surface area contributed by atoms with Gasteiger partial charge in [0.25, 0.3) is 5.91 Å². The van der Waals surface area contributed by atoms with Gasteiger partial charge in [0.2, 0.25) is 0 Å². The van der Waals surface area contributed by atoms with E-state index in [1.165, 1.54) is 6.20 Å². The molecule has 2 aliphatic rings. The fraction of sp³-hybridized carbons (Fsp3) is 0.400. The van der Waals surface area contributed by atoms with Gasteiger partial charge in [-0.2, -0.15) is 5.26 Å². The van der Waals surface area contributed by atoms with Crippen LogP contribution in [0, 0.1) is 11.3 Å². The molecule has 26 heavy (non-hydrogen) atoms. The van der Waals surface area contributed by atoms with Crippen LogP contribution in [0.4, 0.5) is 5.82 Å². The summed E-state index contributed by atoms with van der Waals surface area (Å²) in [6, 6.07) is 12.4. The Labute approximate surface area is 153 Å². The topological polar surface area (TPSA) is 73.1 Å². The molecule has 2 atom stereocenters. The largest absolute Gasteiger partial charge is 0.349 e. The second-order valence-corrected chi connectivity index (χ2v) is 7.07. The minimum Gasteiger partial charge on any atom is -0.349 e. The summed E-state index contributed by atoms with van der Waals surface area (Å²) in [5.74, 6) is 0.925. The van der Waals surface area contributed by atoms with E-state index in [2.05, 4.69) is 14.9 Å². The van der Waals surface area contributed by atoms with Crippen molar-refractivity contribution in [2.45, 2.75) is 43.8 Å². The molecule has 1 aromatic carbocycles. The standard InChI is InChI=1S/C20H21N5O/c1-24(20(26)14-5-3-2-4-6-14)18-9-16-7-8-17(10-18)25(16)19-13-22-15(11-21)12-23-19/h2-6,12-13,16-18H,7-10H2,1H3. The van der Waals surface area contributed by atoms with E-state index in [4.69, 9.17) is 5.26 Å². The lowest BCUT2D eigenvalue weighted by atomic mass is 9.95. The second-order valence-electron chi connectivity index (χ2n) is 7.07. The summed E-state index contributed by atoms with van der Waals surface area (Å²) in [5, 5.41) is 8.89. The smallest absolute Gasteiger partial charge is 0.253 e. The van der Waals surface area contributed by atoms with Crippen LogP contribution in [0.5, 0.6) is 0 Å². The average Bonchev–Trinajstić information content (AvgIpc) is 2.96. The highest BCUT2D eigenvalue weighted by Gasteiger charge is 2.43. The molecule has 0 radical (unpaired) electrons. The summed E-state index contributed by atoms with van der Waals surface area (Å²) in [6.45, 7) is 0. The van der Waals surface area contributed by atoms with Crippen LogP contribution in [0.1, 0.15) is 41.7 Å². The van der Waals surface area contributed by atoms with Gasteiger partial charge < -0.3 is 9.80 Å². The first-order valence-corrected chi connectivity index (χ1v) is 9.00. The number of nitriles is 1. The van der Waals surface area contributed by atoms with Crippen LogP contribution in [-0.4, -0.2) is 45.9 Å². The predicted octanol–water partition coefficient (Wildman–Crippen LogP) is 2.62.